The summed E-state index contributed by atoms with van der Waals surface area (Å²) in [6.07, 6.45) is 2.14. The van der Waals surface area contributed by atoms with Crippen molar-refractivity contribution in [1.82, 2.24) is 14.5 Å². The average molecular weight is 428 g/mol. The number of nitrogens with zero attached hydrogens (tertiary/aromatic N) is 4. The summed E-state index contributed by atoms with van der Waals surface area (Å²) in [7, 11) is 0. The number of carbonyl (C=O) groups excluding carboxylic acids is 1. The molecule has 9 heteroatoms. The van der Waals surface area contributed by atoms with Crippen LogP contribution in [0.3, 0.4) is 0 Å². The van der Waals surface area contributed by atoms with Crippen LogP contribution < -0.4 is 0 Å². The summed E-state index contributed by atoms with van der Waals surface area (Å²) in [4.78, 5) is 29.8. The minimum atomic E-state index is -0.468. The van der Waals surface area contributed by atoms with E-state index in [2.05, 4.69) is 11.9 Å². The molecule has 0 bridgehead atoms. The van der Waals surface area contributed by atoms with E-state index in [9.17, 15) is 19.3 Å². The fourth-order valence-electron chi connectivity index (χ4n) is 3.73. The number of aromatic nitrogens is 2. The predicted octanol–water partition coefficient (Wildman–Crippen LogP) is 4.42. The Morgan fingerprint density at radius 3 is 2.77 bits per heavy atom. The Kier molecular flexibility index (Phi) is 5.72. The molecule has 30 heavy (non-hydrogen) atoms. The van der Waals surface area contributed by atoms with E-state index in [1.165, 1.54) is 36.0 Å². The van der Waals surface area contributed by atoms with Crippen LogP contribution in [0.1, 0.15) is 19.8 Å². The van der Waals surface area contributed by atoms with Crippen molar-refractivity contribution in [3.05, 3.63) is 58.4 Å². The number of benzene rings is 2. The van der Waals surface area contributed by atoms with Crippen LogP contribution in [0.25, 0.3) is 16.7 Å². The van der Waals surface area contributed by atoms with Gasteiger partial charge in [0.1, 0.15) is 5.82 Å². The van der Waals surface area contributed by atoms with Gasteiger partial charge in [-0.05, 0) is 49.1 Å². The maximum absolute atomic E-state index is 13.4. The number of rotatable bonds is 5. The number of piperidine rings is 1. The number of fused-ring (bicyclic) bond motifs is 1. The molecule has 1 aromatic heterocycles. The second kappa shape index (κ2) is 8.43. The van der Waals surface area contributed by atoms with Crippen molar-refractivity contribution in [2.75, 3.05) is 18.8 Å². The zero-order valence-electron chi connectivity index (χ0n) is 16.5. The summed E-state index contributed by atoms with van der Waals surface area (Å²) < 4.78 is 15.2. The first-order valence-corrected chi connectivity index (χ1v) is 10.7. The molecule has 0 spiro atoms. The van der Waals surface area contributed by atoms with Gasteiger partial charge in [-0.25, -0.2) is 9.37 Å². The van der Waals surface area contributed by atoms with Crippen molar-refractivity contribution in [2.24, 2.45) is 5.92 Å². The number of carbonyl (C=O) groups is 1. The molecule has 1 saturated heterocycles. The first-order valence-electron chi connectivity index (χ1n) is 9.76. The number of imidazole rings is 1. The SMILES string of the molecule is CC1CCCN(C(=O)CSc2nc3cc([N+](=O)[O-])ccc3n2-c2ccc(F)cc2)C1. The van der Waals surface area contributed by atoms with Gasteiger partial charge in [-0.15, -0.1) is 0 Å². The van der Waals surface area contributed by atoms with Gasteiger partial charge in [-0.2, -0.15) is 0 Å². The average Bonchev–Trinajstić information content (AvgIpc) is 3.10. The monoisotopic (exact) mass is 428 g/mol. The number of nitro benzene ring substituents is 1. The normalized spacial score (nSPS) is 16.7. The van der Waals surface area contributed by atoms with Crippen LogP contribution in [0.15, 0.2) is 47.6 Å². The number of amides is 1. The van der Waals surface area contributed by atoms with Crippen LogP contribution in [0.5, 0.6) is 0 Å². The number of halogens is 1. The number of likely N-dealkylation sites (tertiary alicyclic amines) is 1. The van der Waals surface area contributed by atoms with Gasteiger partial charge in [0.15, 0.2) is 5.16 Å². The molecule has 2 heterocycles. The molecule has 3 aromatic rings. The van der Waals surface area contributed by atoms with E-state index in [-0.39, 0.29) is 23.2 Å². The number of hydrogen-bond acceptors (Lipinski definition) is 5. The third-order valence-corrected chi connectivity index (χ3v) is 6.16. The Bertz CT molecular complexity index is 1100. The quantitative estimate of drug-likeness (QED) is 0.341. The summed E-state index contributed by atoms with van der Waals surface area (Å²) in [5.41, 5.74) is 1.74. The van der Waals surface area contributed by atoms with Gasteiger partial charge in [0.05, 0.1) is 21.7 Å². The summed E-state index contributed by atoms with van der Waals surface area (Å²) in [5.74, 6) is 0.411. The van der Waals surface area contributed by atoms with Crippen molar-refractivity contribution < 1.29 is 14.1 Å². The van der Waals surface area contributed by atoms with Crippen molar-refractivity contribution in [1.29, 1.82) is 0 Å². The second-order valence-electron chi connectivity index (χ2n) is 7.51. The maximum atomic E-state index is 13.4. The second-order valence-corrected chi connectivity index (χ2v) is 8.45. The third-order valence-electron chi connectivity index (χ3n) is 5.24. The lowest BCUT2D eigenvalue weighted by atomic mass is 10.0. The highest BCUT2D eigenvalue weighted by Crippen LogP contribution is 2.30. The van der Waals surface area contributed by atoms with Crippen molar-refractivity contribution >= 4 is 34.4 Å². The van der Waals surface area contributed by atoms with E-state index in [4.69, 9.17) is 0 Å². The smallest absolute Gasteiger partial charge is 0.271 e. The zero-order chi connectivity index (χ0) is 21.3. The summed E-state index contributed by atoms with van der Waals surface area (Å²) in [5, 5.41) is 11.7. The number of non-ortho nitro benzene ring substituents is 1. The van der Waals surface area contributed by atoms with Crippen LogP contribution in [-0.2, 0) is 4.79 Å². The van der Waals surface area contributed by atoms with Gasteiger partial charge in [0.25, 0.3) is 5.69 Å². The molecule has 0 radical (unpaired) electrons. The van der Waals surface area contributed by atoms with E-state index < -0.39 is 4.92 Å². The van der Waals surface area contributed by atoms with Gasteiger partial charge < -0.3 is 4.90 Å². The molecule has 156 valence electrons. The highest BCUT2D eigenvalue weighted by molar-refractivity contribution is 7.99. The molecule has 0 saturated carbocycles. The van der Waals surface area contributed by atoms with Crippen LogP contribution in [0.2, 0.25) is 0 Å². The minimum Gasteiger partial charge on any atom is -0.342 e. The molecule has 2 aromatic carbocycles. The van der Waals surface area contributed by atoms with E-state index in [1.54, 1.807) is 22.8 Å². The molecule has 1 aliphatic rings. The highest BCUT2D eigenvalue weighted by Gasteiger charge is 2.22. The number of nitro groups is 1. The lowest BCUT2D eigenvalue weighted by Crippen LogP contribution is -2.40. The predicted molar refractivity (Wildman–Crippen MR) is 113 cm³/mol. The number of hydrogen-bond donors (Lipinski definition) is 0. The molecule has 1 unspecified atom stereocenters. The Balaban J connectivity index is 1.66. The van der Waals surface area contributed by atoms with Crippen LogP contribution in [-0.4, -0.2) is 44.1 Å². The molecular weight excluding hydrogens is 407 g/mol. The lowest BCUT2D eigenvalue weighted by molar-refractivity contribution is -0.384. The molecule has 1 atom stereocenters. The summed E-state index contributed by atoms with van der Waals surface area (Å²) in [6.45, 7) is 3.68. The van der Waals surface area contributed by atoms with Crippen molar-refractivity contribution in [2.45, 2.75) is 24.9 Å². The fraction of sp³-hybridized carbons (Fsp3) is 0.333. The Morgan fingerprint density at radius 1 is 1.30 bits per heavy atom. The first kappa shape index (κ1) is 20.3. The van der Waals surface area contributed by atoms with E-state index in [0.717, 1.165) is 25.9 Å². The standard InChI is InChI=1S/C21H21FN4O3S/c1-14-3-2-10-24(12-14)20(27)13-30-21-23-18-11-17(26(28)29)8-9-19(18)25(21)16-6-4-15(22)5-7-16/h4-9,11,14H,2-3,10,12-13H2,1H3. The molecule has 4 rings (SSSR count). The Morgan fingerprint density at radius 2 is 2.07 bits per heavy atom. The molecular formula is C21H21FN4O3S. The molecule has 0 aliphatic carbocycles. The van der Waals surface area contributed by atoms with Gasteiger partial charge in [-0.3, -0.25) is 19.5 Å². The third kappa shape index (κ3) is 4.16. The molecule has 1 amide bonds. The molecule has 7 nitrogen and oxygen atoms in total. The molecule has 1 fully saturated rings. The van der Waals surface area contributed by atoms with Crippen LogP contribution >= 0.6 is 11.8 Å². The van der Waals surface area contributed by atoms with Gasteiger partial charge in [-0.1, -0.05) is 18.7 Å². The first-order chi connectivity index (χ1) is 14.4. The van der Waals surface area contributed by atoms with Crippen LogP contribution in [0, 0.1) is 21.8 Å². The van der Waals surface area contributed by atoms with E-state index in [1.807, 2.05) is 4.90 Å². The number of thioether (sulfide) groups is 1. The van der Waals surface area contributed by atoms with Gasteiger partial charge in [0, 0.05) is 30.9 Å². The minimum absolute atomic E-state index is 0.0512. The fourth-order valence-corrected chi connectivity index (χ4v) is 4.66. The largest absolute Gasteiger partial charge is 0.342 e. The van der Waals surface area contributed by atoms with Crippen molar-refractivity contribution in [3.8, 4) is 5.69 Å². The Labute approximate surface area is 177 Å². The van der Waals surface area contributed by atoms with Gasteiger partial charge in [0.2, 0.25) is 5.91 Å². The van der Waals surface area contributed by atoms with Gasteiger partial charge >= 0.3 is 0 Å². The molecule has 0 N–H and O–H groups in total. The molecule has 1 aliphatic heterocycles. The highest BCUT2D eigenvalue weighted by atomic mass is 32.2. The Hall–Kier alpha value is -2.94. The van der Waals surface area contributed by atoms with Crippen molar-refractivity contribution in [3.63, 3.8) is 0 Å². The van der Waals surface area contributed by atoms with E-state index in [0.29, 0.717) is 27.8 Å². The van der Waals surface area contributed by atoms with E-state index >= 15 is 0 Å². The zero-order valence-corrected chi connectivity index (χ0v) is 17.3. The topological polar surface area (TPSA) is 81.3 Å². The van der Waals surface area contributed by atoms with Crippen LogP contribution in [0.4, 0.5) is 10.1 Å². The summed E-state index contributed by atoms with van der Waals surface area (Å²) >= 11 is 1.29. The summed E-state index contributed by atoms with van der Waals surface area (Å²) in [6, 6.07) is 10.4. The maximum Gasteiger partial charge on any atom is 0.271 e. The lowest BCUT2D eigenvalue weighted by Gasteiger charge is -2.30.